The van der Waals surface area contributed by atoms with E-state index in [2.05, 4.69) is 52.0 Å². The second kappa shape index (κ2) is 6.46. The Morgan fingerprint density at radius 1 is 1.18 bits per heavy atom. The summed E-state index contributed by atoms with van der Waals surface area (Å²) in [4.78, 5) is 0. The Morgan fingerprint density at radius 2 is 1.76 bits per heavy atom. The molecule has 1 aromatic rings. The fraction of sp³-hybridized carbons (Fsp3) is 0.600. The zero-order valence-electron chi connectivity index (χ0n) is 11.5. The van der Waals surface area contributed by atoms with Crippen LogP contribution in [0.5, 0.6) is 0 Å². The van der Waals surface area contributed by atoms with E-state index in [1.807, 2.05) is 11.8 Å². The Kier molecular flexibility index (Phi) is 5.54. The second-order valence-electron chi connectivity index (χ2n) is 5.52. The van der Waals surface area contributed by atoms with Crippen LogP contribution in [0, 0.1) is 0 Å². The minimum atomic E-state index is 0.148. The minimum Gasteiger partial charge on any atom is -0.323 e. The molecule has 96 valence electrons. The molecule has 0 aliphatic rings. The van der Waals surface area contributed by atoms with Gasteiger partial charge in [-0.15, -0.1) is 0 Å². The smallest absolute Gasteiger partial charge is 0.0387 e. The number of benzene rings is 1. The molecule has 0 aliphatic carbocycles. The van der Waals surface area contributed by atoms with E-state index >= 15 is 0 Å². The normalized spacial score (nSPS) is 13.7. The summed E-state index contributed by atoms with van der Waals surface area (Å²) in [5.74, 6) is 0.983. The highest BCUT2D eigenvalue weighted by atomic mass is 32.2. The Labute approximate surface area is 110 Å². The topological polar surface area (TPSA) is 26.0 Å². The van der Waals surface area contributed by atoms with E-state index < -0.39 is 0 Å². The number of thioether (sulfide) groups is 1. The Balaban J connectivity index is 2.54. The van der Waals surface area contributed by atoms with Crippen LogP contribution in [0.25, 0.3) is 0 Å². The van der Waals surface area contributed by atoms with Crippen LogP contribution in [-0.2, 0) is 6.42 Å². The van der Waals surface area contributed by atoms with Gasteiger partial charge in [0.2, 0.25) is 0 Å². The van der Waals surface area contributed by atoms with Gasteiger partial charge in [0.15, 0.2) is 0 Å². The van der Waals surface area contributed by atoms with Crippen molar-refractivity contribution in [2.45, 2.75) is 51.3 Å². The van der Waals surface area contributed by atoms with Crippen molar-refractivity contribution in [2.24, 2.45) is 5.73 Å². The van der Waals surface area contributed by atoms with Crippen LogP contribution >= 0.6 is 11.8 Å². The molecule has 1 atom stereocenters. The summed E-state index contributed by atoms with van der Waals surface area (Å²) in [6.45, 7) is 8.90. The highest BCUT2D eigenvalue weighted by molar-refractivity contribution is 8.00. The summed E-state index contributed by atoms with van der Waals surface area (Å²) >= 11 is 1.93. The SMILES string of the molecule is CCCc1ccc(C(N)CSC(C)(C)C)cc1. The first-order chi connectivity index (χ1) is 7.92. The third-order valence-corrected chi connectivity index (χ3v) is 4.03. The van der Waals surface area contributed by atoms with E-state index in [-0.39, 0.29) is 6.04 Å². The van der Waals surface area contributed by atoms with Crippen LogP contribution in [0.3, 0.4) is 0 Å². The molecular formula is C15H25NS. The third kappa shape index (κ3) is 5.60. The molecule has 1 aromatic carbocycles. The van der Waals surface area contributed by atoms with Crippen molar-refractivity contribution in [1.29, 1.82) is 0 Å². The summed E-state index contributed by atoms with van der Waals surface area (Å²) in [5, 5.41) is 0. The predicted molar refractivity (Wildman–Crippen MR) is 79.6 cm³/mol. The van der Waals surface area contributed by atoms with Gasteiger partial charge in [-0.3, -0.25) is 0 Å². The fourth-order valence-corrected chi connectivity index (χ4v) is 2.53. The van der Waals surface area contributed by atoms with Gasteiger partial charge in [0.25, 0.3) is 0 Å². The first-order valence-corrected chi connectivity index (χ1v) is 7.39. The minimum absolute atomic E-state index is 0.148. The number of nitrogens with two attached hydrogens (primary N) is 1. The zero-order valence-corrected chi connectivity index (χ0v) is 12.3. The van der Waals surface area contributed by atoms with Gasteiger partial charge in [-0.25, -0.2) is 0 Å². The second-order valence-corrected chi connectivity index (χ2v) is 7.37. The van der Waals surface area contributed by atoms with Crippen LogP contribution in [0.15, 0.2) is 24.3 Å². The lowest BCUT2D eigenvalue weighted by Gasteiger charge is -2.21. The van der Waals surface area contributed by atoms with E-state index in [0.29, 0.717) is 4.75 Å². The maximum atomic E-state index is 6.21. The Bertz CT molecular complexity index is 324. The standard InChI is InChI=1S/C15H25NS/c1-5-6-12-7-9-13(10-8-12)14(16)11-17-15(2,3)4/h7-10,14H,5-6,11,16H2,1-4H3. The lowest BCUT2D eigenvalue weighted by Crippen LogP contribution is -2.18. The van der Waals surface area contributed by atoms with Crippen molar-refractivity contribution in [3.8, 4) is 0 Å². The lowest BCUT2D eigenvalue weighted by molar-refractivity contribution is 0.778. The molecule has 17 heavy (non-hydrogen) atoms. The molecule has 0 aliphatic heterocycles. The number of hydrogen-bond acceptors (Lipinski definition) is 2. The van der Waals surface area contributed by atoms with Crippen LogP contribution in [0.4, 0.5) is 0 Å². The van der Waals surface area contributed by atoms with Gasteiger partial charge < -0.3 is 5.73 Å². The summed E-state index contributed by atoms with van der Waals surface area (Å²) in [7, 11) is 0. The average Bonchev–Trinajstić information content (AvgIpc) is 2.26. The molecule has 1 rings (SSSR count). The molecule has 0 saturated carbocycles. The van der Waals surface area contributed by atoms with Gasteiger partial charge in [0, 0.05) is 16.5 Å². The van der Waals surface area contributed by atoms with Gasteiger partial charge >= 0.3 is 0 Å². The number of aryl methyl sites for hydroxylation is 1. The van der Waals surface area contributed by atoms with E-state index in [9.17, 15) is 0 Å². The van der Waals surface area contributed by atoms with Crippen molar-refractivity contribution in [3.05, 3.63) is 35.4 Å². The molecule has 0 aromatic heterocycles. The monoisotopic (exact) mass is 251 g/mol. The molecule has 0 fully saturated rings. The first kappa shape index (κ1) is 14.6. The molecule has 0 amide bonds. The van der Waals surface area contributed by atoms with Crippen molar-refractivity contribution >= 4 is 11.8 Å². The van der Waals surface area contributed by atoms with Gasteiger partial charge in [0.1, 0.15) is 0 Å². The molecule has 2 heteroatoms. The van der Waals surface area contributed by atoms with Crippen molar-refractivity contribution in [2.75, 3.05) is 5.75 Å². The van der Waals surface area contributed by atoms with E-state index in [1.54, 1.807) is 0 Å². The average molecular weight is 251 g/mol. The molecule has 0 radical (unpaired) electrons. The van der Waals surface area contributed by atoms with Crippen LogP contribution in [0.1, 0.15) is 51.3 Å². The third-order valence-electron chi connectivity index (χ3n) is 2.64. The number of hydrogen-bond donors (Lipinski definition) is 1. The largest absolute Gasteiger partial charge is 0.323 e. The number of rotatable bonds is 5. The zero-order chi connectivity index (χ0) is 12.9. The maximum absolute atomic E-state index is 6.21. The maximum Gasteiger partial charge on any atom is 0.0387 e. The molecule has 0 bridgehead atoms. The van der Waals surface area contributed by atoms with Gasteiger partial charge in [-0.2, -0.15) is 11.8 Å². The van der Waals surface area contributed by atoms with Crippen molar-refractivity contribution in [1.82, 2.24) is 0 Å². The van der Waals surface area contributed by atoms with E-state index in [1.165, 1.54) is 17.5 Å². The summed E-state index contributed by atoms with van der Waals surface area (Å²) < 4.78 is 0.291. The molecule has 2 N–H and O–H groups in total. The van der Waals surface area contributed by atoms with Crippen LogP contribution in [0.2, 0.25) is 0 Å². The molecule has 0 heterocycles. The van der Waals surface area contributed by atoms with Crippen LogP contribution in [-0.4, -0.2) is 10.5 Å². The van der Waals surface area contributed by atoms with Gasteiger partial charge in [-0.05, 0) is 17.5 Å². The quantitative estimate of drug-likeness (QED) is 0.850. The van der Waals surface area contributed by atoms with Crippen molar-refractivity contribution in [3.63, 3.8) is 0 Å². The lowest BCUT2D eigenvalue weighted by atomic mass is 10.0. The molecule has 1 unspecified atom stereocenters. The van der Waals surface area contributed by atoms with Gasteiger partial charge in [0.05, 0.1) is 0 Å². The summed E-state index contributed by atoms with van der Waals surface area (Å²) in [6, 6.07) is 8.92. The van der Waals surface area contributed by atoms with E-state index in [4.69, 9.17) is 5.73 Å². The van der Waals surface area contributed by atoms with Crippen molar-refractivity contribution < 1.29 is 0 Å². The highest BCUT2D eigenvalue weighted by Crippen LogP contribution is 2.27. The molecule has 0 saturated heterocycles. The van der Waals surface area contributed by atoms with E-state index in [0.717, 1.165) is 12.2 Å². The van der Waals surface area contributed by atoms with Crippen LogP contribution < -0.4 is 5.73 Å². The molecule has 1 nitrogen and oxygen atoms in total. The summed E-state index contributed by atoms with van der Waals surface area (Å²) in [5.41, 5.74) is 8.87. The molecular weight excluding hydrogens is 226 g/mol. The highest BCUT2D eigenvalue weighted by Gasteiger charge is 2.14. The van der Waals surface area contributed by atoms with Gasteiger partial charge in [-0.1, -0.05) is 58.4 Å². The Hall–Kier alpha value is -0.470. The predicted octanol–water partition coefficient (Wildman–Crippen LogP) is 4.17. The summed E-state index contributed by atoms with van der Waals surface area (Å²) in [6.07, 6.45) is 2.36. The Morgan fingerprint density at radius 3 is 2.24 bits per heavy atom. The first-order valence-electron chi connectivity index (χ1n) is 6.41. The molecule has 0 spiro atoms. The fourth-order valence-electron chi connectivity index (χ4n) is 1.66.